The molecule has 0 amide bonds. The molecule has 0 aliphatic carbocycles. The number of furan rings is 1. The summed E-state index contributed by atoms with van der Waals surface area (Å²) >= 11 is 0. The molecule has 0 aliphatic heterocycles. The van der Waals surface area contributed by atoms with E-state index in [1.165, 1.54) is 5.39 Å². The zero-order valence-corrected chi connectivity index (χ0v) is 22.5. The maximum atomic E-state index is 6.42. The molecule has 9 aromatic rings. The smallest absolute Gasteiger partial charge is 0.162 e. The Morgan fingerprint density at radius 3 is 2.02 bits per heavy atom. The van der Waals surface area contributed by atoms with Crippen molar-refractivity contribution in [2.45, 2.75) is 0 Å². The molecule has 4 nitrogen and oxygen atoms in total. The van der Waals surface area contributed by atoms with E-state index < -0.39 is 0 Å². The molecule has 9 rings (SSSR count). The summed E-state index contributed by atoms with van der Waals surface area (Å²) in [4.78, 5) is 10.2. The Balaban J connectivity index is 1.38. The third-order valence-electron chi connectivity index (χ3n) is 8.20. The van der Waals surface area contributed by atoms with Crippen LogP contribution in [0, 0.1) is 0 Å². The van der Waals surface area contributed by atoms with Crippen molar-refractivity contribution in [3.63, 3.8) is 0 Å². The van der Waals surface area contributed by atoms with E-state index in [1.54, 1.807) is 0 Å². The maximum Gasteiger partial charge on any atom is 0.162 e. The Morgan fingerprint density at radius 1 is 0.476 bits per heavy atom. The average Bonchev–Trinajstić information content (AvgIpc) is 3.60. The van der Waals surface area contributed by atoms with Gasteiger partial charge in [-0.3, -0.25) is 4.57 Å². The van der Waals surface area contributed by atoms with Crippen molar-refractivity contribution in [1.82, 2.24) is 14.5 Å². The molecule has 0 spiro atoms. The summed E-state index contributed by atoms with van der Waals surface area (Å²) < 4.78 is 8.69. The fraction of sp³-hybridized carbons (Fsp3) is 0. The third-order valence-corrected chi connectivity index (χ3v) is 8.20. The summed E-state index contributed by atoms with van der Waals surface area (Å²) in [5.41, 5.74) is 6.94. The van der Waals surface area contributed by atoms with Crippen molar-refractivity contribution in [1.29, 1.82) is 0 Å². The van der Waals surface area contributed by atoms with Crippen molar-refractivity contribution < 1.29 is 4.42 Å². The number of rotatable bonds is 3. The fourth-order valence-electron chi connectivity index (χ4n) is 6.24. The minimum absolute atomic E-state index is 0.697. The van der Waals surface area contributed by atoms with Gasteiger partial charge in [0.25, 0.3) is 0 Å². The van der Waals surface area contributed by atoms with Gasteiger partial charge in [0.05, 0.1) is 16.7 Å². The molecule has 6 aromatic carbocycles. The summed E-state index contributed by atoms with van der Waals surface area (Å²) in [6, 6.07) is 48.3. The van der Waals surface area contributed by atoms with Crippen molar-refractivity contribution in [3.8, 4) is 28.5 Å². The number of fused-ring (bicyclic) bond motifs is 8. The molecule has 0 saturated carbocycles. The first-order valence-corrected chi connectivity index (χ1v) is 14.1. The zero-order chi connectivity index (χ0) is 27.6. The van der Waals surface area contributed by atoms with Crippen molar-refractivity contribution in [3.05, 3.63) is 140 Å². The summed E-state index contributed by atoms with van der Waals surface area (Å²) in [6.45, 7) is 0. The Bertz CT molecular complexity index is 2400. The Morgan fingerprint density at radius 2 is 1.19 bits per heavy atom. The van der Waals surface area contributed by atoms with Crippen LogP contribution in [0.2, 0.25) is 0 Å². The van der Waals surface area contributed by atoms with Crippen LogP contribution in [0.5, 0.6) is 0 Å². The second kappa shape index (κ2) is 8.88. The lowest BCUT2D eigenvalue weighted by Crippen LogP contribution is -2.02. The van der Waals surface area contributed by atoms with Crippen LogP contribution < -0.4 is 0 Å². The molecule has 0 saturated heterocycles. The largest absolute Gasteiger partial charge is 0.455 e. The molecule has 0 bridgehead atoms. The van der Waals surface area contributed by atoms with Crippen molar-refractivity contribution >= 4 is 54.5 Å². The highest BCUT2D eigenvalue weighted by Crippen LogP contribution is 2.39. The van der Waals surface area contributed by atoms with Crippen molar-refractivity contribution in [2.24, 2.45) is 0 Å². The topological polar surface area (TPSA) is 43.9 Å². The lowest BCUT2D eigenvalue weighted by molar-refractivity contribution is 0.672. The lowest BCUT2D eigenvalue weighted by atomic mass is 10.0. The third kappa shape index (κ3) is 3.42. The van der Waals surface area contributed by atoms with E-state index in [1.807, 2.05) is 48.5 Å². The van der Waals surface area contributed by atoms with Crippen LogP contribution in [0.25, 0.3) is 83.0 Å². The second-order valence-electron chi connectivity index (χ2n) is 10.7. The minimum atomic E-state index is 0.697. The van der Waals surface area contributed by atoms with Gasteiger partial charge in [-0.15, -0.1) is 0 Å². The number of nitrogens with zero attached hydrogens (tertiary/aromatic N) is 3. The first-order valence-electron chi connectivity index (χ1n) is 14.1. The van der Waals surface area contributed by atoms with Crippen LogP contribution in [0.15, 0.2) is 144 Å². The Kier molecular flexibility index (Phi) is 4.87. The maximum absolute atomic E-state index is 6.42. The molecule has 42 heavy (non-hydrogen) atoms. The molecule has 0 radical (unpaired) electrons. The monoisotopic (exact) mass is 537 g/mol. The number of aromatic nitrogens is 3. The Hall–Kier alpha value is -5.74. The number of para-hydroxylation sites is 2. The van der Waals surface area contributed by atoms with E-state index in [9.17, 15) is 0 Å². The van der Waals surface area contributed by atoms with Crippen LogP contribution in [0.3, 0.4) is 0 Å². The van der Waals surface area contributed by atoms with E-state index in [4.69, 9.17) is 14.4 Å². The molecule has 0 N–H and O–H groups in total. The molecular weight excluding hydrogens is 514 g/mol. The van der Waals surface area contributed by atoms with Crippen molar-refractivity contribution in [2.75, 3.05) is 0 Å². The second-order valence-corrected chi connectivity index (χ2v) is 10.7. The number of hydrogen-bond donors (Lipinski definition) is 0. The first-order chi connectivity index (χ1) is 20.8. The molecule has 3 aromatic heterocycles. The molecule has 196 valence electrons. The Labute approximate surface area is 241 Å². The average molecular weight is 538 g/mol. The predicted molar refractivity (Wildman–Crippen MR) is 172 cm³/mol. The summed E-state index contributed by atoms with van der Waals surface area (Å²) in [7, 11) is 0. The quantitative estimate of drug-likeness (QED) is 0.225. The number of benzene rings is 6. The minimum Gasteiger partial charge on any atom is -0.455 e. The molecule has 3 heterocycles. The summed E-state index contributed by atoms with van der Waals surface area (Å²) in [5, 5.41) is 6.84. The molecular formula is C38H23N3O. The molecule has 0 atom stereocenters. The fourth-order valence-corrected chi connectivity index (χ4v) is 6.24. The van der Waals surface area contributed by atoms with Gasteiger partial charge in [-0.05, 0) is 35.7 Å². The van der Waals surface area contributed by atoms with E-state index in [0.29, 0.717) is 5.82 Å². The number of hydrogen-bond acceptors (Lipinski definition) is 3. The van der Waals surface area contributed by atoms with Gasteiger partial charge in [-0.2, -0.15) is 0 Å². The van der Waals surface area contributed by atoms with Crippen LogP contribution in [0.4, 0.5) is 0 Å². The van der Waals surface area contributed by atoms with E-state index in [2.05, 4.69) is 95.6 Å². The SMILES string of the molecule is c1ccc(-c2cc(-n3c4ccccc4c4cc5c(ccc6c7ccccc7oc56)cc43)nc(-c3ccccc3)n2)cc1. The molecule has 0 aliphatic rings. The van der Waals surface area contributed by atoms with Gasteiger partial charge in [-0.25, -0.2) is 9.97 Å². The van der Waals surface area contributed by atoms with Gasteiger partial charge in [-0.1, -0.05) is 103 Å². The lowest BCUT2D eigenvalue weighted by Gasteiger charge is -2.12. The van der Waals surface area contributed by atoms with Gasteiger partial charge in [0, 0.05) is 44.1 Å². The highest BCUT2D eigenvalue weighted by atomic mass is 16.3. The standard InChI is InChI=1S/C38H23N3O/c1-3-11-24(12-4-1)32-23-36(40-38(39-32)25-13-5-2-6-14-25)41-33-17-9-7-15-27(33)31-22-30-26(21-34(31)41)19-20-29-28-16-8-10-18-35(28)42-37(29)30/h1-23H. The summed E-state index contributed by atoms with van der Waals surface area (Å²) in [5.74, 6) is 1.53. The molecule has 0 unspecified atom stereocenters. The predicted octanol–water partition coefficient (Wildman–Crippen LogP) is 9.96. The van der Waals surface area contributed by atoms with Crippen LogP contribution >= 0.6 is 0 Å². The van der Waals surface area contributed by atoms with E-state index >= 15 is 0 Å². The first kappa shape index (κ1) is 23.0. The van der Waals surface area contributed by atoms with Gasteiger partial charge in [0.1, 0.15) is 17.0 Å². The van der Waals surface area contributed by atoms with Crippen LogP contribution in [0.1, 0.15) is 0 Å². The van der Waals surface area contributed by atoms with Crippen LogP contribution in [-0.2, 0) is 0 Å². The van der Waals surface area contributed by atoms with Gasteiger partial charge < -0.3 is 4.42 Å². The normalized spacial score (nSPS) is 11.8. The summed E-state index contributed by atoms with van der Waals surface area (Å²) in [6.07, 6.45) is 0. The zero-order valence-electron chi connectivity index (χ0n) is 22.5. The highest BCUT2D eigenvalue weighted by Gasteiger charge is 2.18. The highest BCUT2D eigenvalue weighted by molar-refractivity contribution is 6.20. The van der Waals surface area contributed by atoms with Crippen LogP contribution in [-0.4, -0.2) is 14.5 Å². The molecule has 0 fully saturated rings. The van der Waals surface area contributed by atoms with Gasteiger partial charge >= 0.3 is 0 Å². The van der Waals surface area contributed by atoms with E-state index in [-0.39, 0.29) is 0 Å². The van der Waals surface area contributed by atoms with Gasteiger partial charge in [0.2, 0.25) is 0 Å². The van der Waals surface area contributed by atoms with E-state index in [0.717, 1.165) is 71.8 Å². The molecule has 4 heteroatoms. The van der Waals surface area contributed by atoms with Gasteiger partial charge in [0.15, 0.2) is 5.82 Å².